The standard InChI is InChI=1S/C19H18FN3O/c1-12-21-16-8-4-3-7-14(16)19(22-12)23-9-5-6-13-10-18(24-2)15(20)11-17(13)23/h3-4,7-8,10-11H,5-6,9H2,1-2H3. The van der Waals surface area contributed by atoms with Gasteiger partial charge in [0.05, 0.1) is 12.6 Å². The van der Waals surface area contributed by atoms with E-state index in [1.54, 1.807) is 12.1 Å². The molecule has 24 heavy (non-hydrogen) atoms. The van der Waals surface area contributed by atoms with Crippen molar-refractivity contribution in [1.29, 1.82) is 0 Å². The minimum Gasteiger partial charge on any atom is -0.494 e. The number of ether oxygens (including phenoxy) is 1. The molecule has 1 aromatic heterocycles. The maximum Gasteiger partial charge on any atom is 0.167 e. The molecular formula is C19H18FN3O. The lowest BCUT2D eigenvalue weighted by atomic mass is 10.0. The first-order valence-corrected chi connectivity index (χ1v) is 8.04. The van der Waals surface area contributed by atoms with Crippen LogP contribution in [0.2, 0.25) is 0 Å². The summed E-state index contributed by atoms with van der Waals surface area (Å²) in [7, 11) is 1.49. The second kappa shape index (κ2) is 5.74. The number of hydrogen-bond acceptors (Lipinski definition) is 4. The van der Waals surface area contributed by atoms with Crippen LogP contribution >= 0.6 is 0 Å². The molecular weight excluding hydrogens is 305 g/mol. The third-order valence-corrected chi connectivity index (χ3v) is 4.42. The zero-order valence-electron chi connectivity index (χ0n) is 13.7. The highest BCUT2D eigenvalue weighted by molar-refractivity contribution is 5.92. The average molecular weight is 323 g/mol. The van der Waals surface area contributed by atoms with Crippen LogP contribution in [0.5, 0.6) is 5.75 Å². The van der Waals surface area contributed by atoms with Gasteiger partial charge >= 0.3 is 0 Å². The molecule has 2 heterocycles. The zero-order chi connectivity index (χ0) is 16.7. The van der Waals surface area contributed by atoms with Crippen molar-refractivity contribution in [3.8, 4) is 5.75 Å². The first kappa shape index (κ1) is 14.9. The van der Waals surface area contributed by atoms with Crippen molar-refractivity contribution in [2.75, 3.05) is 18.6 Å². The molecule has 0 aliphatic carbocycles. The van der Waals surface area contributed by atoms with Gasteiger partial charge in [-0.25, -0.2) is 14.4 Å². The Morgan fingerprint density at radius 1 is 1.17 bits per heavy atom. The monoisotopic (exact) mass is 323 g/mol. The molecule has 0 atom stereocenters. The third-order valence-electron chi connectivity index (χ3n) is 4.42. The van der Waals surface area contributed by atoms with E-state index in [2.05, 4.69) is 14.9 Å². The normalized spacial score (nSPS) is 13.9. The molecule has 0 amide bonds. The Labute approximate surface area is 139 Å². The fourth-order valence-corrected chi connectivity index (χ4v) is 3.34. The highest BCUT2D eigenvalue weighted by Gasteiger charge is 2.23. The number of anilines is 2. The van der Waals surface area contributed by atoms with Gasteiger partial charge < -0.3 is 9.64 Å². The molecule has 3 aromatic rings. The zero-order valence-corrected chi connectivity index (χ0v) is 13.7. The number of methoxy groups -OCH3 is 1. The van der Waals surface area contributed by atoms with Crippen LogP contribution in [-0.4, -0.2) is 23.6 Å². The van der Waals surface area contributed by atoms with Crippen molar-refractivity contribution in [3.63, 3.8) is 0 Å². The first-order valence-electron chi connectivity index (χ1n) is 8.04. The number of aryl methyl sites for hydroxylation is 2. The Hall–Kier alpha value is -2.69. The van der Waals surface area contributed by atoms with Crippen molar-refractivity contribution in [3.05, 3.63) is 53.6 Å². The molecule has 4 nitrogen and oxygen atoms in total. The van der Waals surface area contributed by atoms with Crippen molar-refractivity contribution in [2.45, 2.75) is 19.8 Å². The van der Waals surface area contributed by atoms with Crippen molar-refractivity contribution in [2.24, 2.45) is 0 Å². The Morgan fingerprint density at radius 3 is 2.83 bits per heavy atom. The lowest BCUT2D eigenvalue weighted by Crippen LogP contribution is -2.26. The summed E-state index contributed by atoms with van der Waals surface area (Å²) in [4.78, 5) is 11.3. The first-order chi connectivity index (χ1) is 11.7. The Bertz CT molecular complexity index is 926. The van der Waals surface area contributed by atoms with Gasteiger partial charge in [-0.3, -0.25) is 0 Å². The van der Waals surface area contributed by atoms with Crippen molar-refractivity contribution in [1.82, 2.24) is 9.97 Å². The number of para-hydroxylation sites is 1. The topological polar surface area (TPSA) is 38.2 Å². The fourth-order valence-electron chi connectivity index (χ4n) is 3.34. The molecule has 0 spiro atoms. The van der Waals surface area contributed by atoms with E-state index in [0.717, 1.165) is 47.4 Å². The quantitative estimate of drug-likeness (QED) is 0.709. The van der Waals surface area contributed by atoms with E-state index in [1.165, 1.54) is 7.11 Å². The summed E-state index contributed by atoms with van der Waals surface area (Å²) < 4.78 is 19.4. The molecule has 4 rings (SSSR count). The predicted octanol–water partition coefficient (Wildman–Crippen LogP) is 4.17. The van der Waals surface area contributed by atoms with Gasteiger partial charge in [0.25, 0.3) is 0 Å². The molecule has 2 aromatic carbocycles. The number of fused-ring (bicyclic) bond motifs is 2. The van der Waals surface area contributed by atoms with Crippen LogP contribution in [0.25, 0.3) is 10.9 Å². The summed E-state index contributed by atoms with van der Waals surface area (Å²) in [6, 6.07) is 11.3. The van der Waals surface area contributed by atoms with Gasteiger partial charge in [0.1, 0.15) is 11.6 Å². The minimum absolute atomic E-state index is 0.291. The van der Waals surface area contributed by atoms with Crippen LogP contribution in [0, 0.1) is 12.7 Å². The van der Waals surface area contributed by atoms with Gasteiger partial charge in [-0.1, -0.05) is 12.1 Å². The van der Waals surface area contributed by atoms with Crippen molar-refractivity contribution < 1.29 is 9.13 Å². The SMILES string of the molecule is COc1cc2c(cc1F)N(c1nc(C)nc3ccccc13)CCC2. The van der Waals surface area contributed by atoms with Crippen LogP contribution in [-0.2, 0) is 6.42 Å². The summed E-state index contributed by atoms with van der Waals surface area (Å²) in [5, 5.41) is 0.979. The van der Waals surface area contributed by atoms with Crippen LogP contribution < -0.4 is 9.64 Å². The molecule has 5 heteroatoms. The average Bonchev–Trinajstić information content (AvgIpc) is 2.60. The lowest BCUT2D eigenvalue weighted by Gasteiger charge is -2.31. The summed E-state index contributed by atoms with van der Waals surface area (Å²) >= 11 is 0. The van der Waals surface area contributed by atoms with Crippen molar-refractivity contribution >= 4 is 22.4 Å². The van der Waals surface area contributed by atoms with Crippen LogP contribution in [0.3, 0.4) is 0 Å². The van der Waals surface area contributed by atoms with E-state index in [9.17, 15) is 4.39 Å². The molecule has 0 unspecified atom stereocenters. The van der Waals surface area contributed by atoms with E-state index in [0.29, 0.717) is 11.6 Å². The number of hydrogen-bond donors (Lipinski definition) is 0. The van der Waals surface area contributed by atoms with Gasteiger partial charge in [0.15, 0.2) is 11.6 Å². The maximum atomic E-state index is 14.3. The van der Waals surface area contributed by atoms with E-state index < -0.39 is 0 Å². The smallest absolute Gasteiger partial charge is 0.167 e. The number of nitrogens with zero attached hydrogens (tertiary/aromatic N) is 3. The summed E-state index contributed by atoms with van der Waals surface area (Å²) in [6.45, 7) is 2.69. The Morgan fingerprint density at radius 2 is 2.00 bits per heavy atom. The van der Waals surface area contributed by atoms with E-state index >= 15 is 0 Å². The van der Waals surface area contributed by atoms with Gasteiger partial charge in [0, 0.05) is 23.7 Å². The van der Waals surface area contributed by atoms with Gasteiger partial charge in [-0.15, -0.1) is 0 Å². The molecule has 1 aliphatic heterocycles. The van der Waals surface area contributed by atoms with Gasteiger partial charge in [0.2, 0.25) is 0 Å². The molecule has 0 saturated heterocycles. The van der Waals surface area contributed by atoms with Crippen LogP contribution in [0.15, 0.2) is 36.4 Å². The van der Waals surface area contributed by atoms with Gasteiger partial charge in [-0.05, 0) is 43.5 Å². The second-order valence-electron chi connectivity index (χ2n) is 5.98. The molecule has 0 radical (unpaired) electrons. The molecule has 0 bridgehead atoms. The number of rotatable bonds is 2. The largest absolute Gasteiger partial charge is 0.494 e. The summed E-state index contributed by atoms with van der Waals surface area (Å²) in [5.41, 5.74) is 2.85. The van der Waals surface area contributed by atoms with E-state index in [-0.39, 0.29) is 5.82 Å². The second-order valence-corrected chi connectivity index (χ2v) is 5.98. The highest BCUT2D eigenvalue weighted by Crippen LogP contribution is 2.38. The summed E-state index contributed by atoms with van der Waals surface area (Å²) in [5.74, 6) is 1.49. The summed E-state index contributed by atoms with van der Waals surface area (Å²) in [6.07, 6.45) is 1.89. The van der Waals surface area contributed by atoms with Crippen LogP contribution in [0.4, 0.5) is 15.9 Å². The highest BCUT2D eigenvalue weighted by atomic mass is 19.1. The maximum absolute atomic E-state index is 14.3. The number of aromatic nitrogens is 2. The van der Waals surface area contributed by atoms with Gasteiger partial charge in [-0.2, -0.15) is 0 Å². The lowest BCUT2D eigenvalue weighted by molar-refractivity contribution is 0.385. The Kier molecular flexibility index (Phi) is 3.56. The number of halogens is 1. The molecule has 0 N–H and O–H groups in total. The molecule has 122 valence electrons. The number of benzene rings is 2. The Balaban J connectivity index is 1.93. The van der Waals surface area contributed by atoms with E-state index in [1.807, 2.05) is 31.2 Å². The van der Waals surface area contributed by atoms with Crippen LogP contribution in [0.1, 0.15) is 17.8 Å². The molecule has 0 saturated carbocycles. The predicted molar refractivity (Wildman–Crippen MR) is 92.6 cm³/mol. The van der Waals surface area contributed by atoms with E-state index in [4.69, 9.17) is 4.74 Å². The fraction of sp³-hybridized carbons (Fsp3) is 0.263. The third kappa shape index (κ3) is 2.37. The minimum atomic E-state index is -0.349. The molecule has 1 aliphatic rings. The molecule has 0 fully saturated rings.